The molecule has 3 atom stereocenters. The van der Waals surface area contributed by atoms with Gasteiger partial charge in [0.15, 0.2) is 0 Å². The number of carbonyl (C=O) groups excluding carboxylic acids is 1. The predicted octanol–water partition coefficient (Wildman–Crippen LogP) is 1.24. The van der Waals surface area contributed by atoms with E-state index in [1.807, 2.05) is 24.3 Å². The van der Waals surface area contributed by atoms with Gasteiger partial charge < -0.3 is 25.2 Å². The highest BCUT2D eigenvalue weighted by Crippen LogP contribution is 2.19. The minimum atomic E-state index is -3.34. The van der Waals surface area contributed by atoms with E-state index in [2.05, 4.69) is 15.4 Å². The van der Waals surface area contributed by atoms with Crippen LogP contribution >= 0.6 is 0 Å². The number of ether oxygens (including phenoxy) is 2. The lowest BCUT2D eigenvalue weighted by atomic mass is 10.0. The fraction of sp³-hybridized carbons (Fsp3) is 0.381. The van der Waals surface area contributed by atoms with Crippen LogP contribution in [0.5, 0.6) is 5.75 Å². The van der Waals surface area contributed by atoms with Crippen molar-refractivity contribution in [3.8, 4) is 5.75 Å². The summed E-state index contributed by atoms with van der Waals surface area (Å²) in [7, 11) is -1.74. The SMILES string of the molecule is COc1ccc(C[C@H]2NC[C@H](O)[C@H]2OC(=O)NCc2ccc(NS(C)(=O)=O)cc2)cc1. The second-order valence-electron chi connectivity index (χ2n) is 7.43. The summed E-state index contributed by atoms with van der Waals surface area (Å²) in [6.07, 6.45) is -0.440. The Kier molecular flexibility index (Phi) is 7.37. The number of benzene rings is 2. The summed E-state index contributed by atoms with van der Waals surface area (Å²) in [4.78, 5) is 12.3. The highest BCUT2D eigenvalue weighted by Gasteiger charge is 2.37. The molecule has 1 fully saturated rings. The van der Waals surface area contributed by atoms with Crippen molar-refractivity contribution < 1.29 is 27.8 Å². The number of carbonyl (C=O) groups is 1. The monoisotopic (exact) mass is 449 g/mol. The average molecular weight is 450 g/mol. The standard InChI is InChI=1S/C21H27N3O6S/c1-29-17-9-5-14(6-10-17)11-18-20(19(25)13-22-18)30-21(26)23-12-15-3-7-16(8-4-15)24-31(2,27)28/h3-10,18-20,22,24-25H,11-13H2,1-2H3,(H,23,26)/t18-,19+,20+/m1/s1. The largest absolute Gasteiger partial charge is 0.497 e. The second-order valence-corrected chi connectivity index (χ2v) is 9.18. The zero-order valence-corrected chi connectivity index (χ0v) is 18.2. The van der Waals surface area contributed by atoms with Gasteiger partial charge in [0.25, 0.3) is 0 Å². The average Bonchev–Trinajstić information content (AvgIpc) is 3.06. The van der Waals surface area contributed by atoms with Gasteiger partial charge in [0.1, 0.15) is 18.0 Å². The molecule has 168 valence electrons. The molecule has 31 heavy (non-hydrogen) atoms. The number of anilines is 1. The summed E-state index contributed by atoms with van der Waals surface area (Å²) in [5.41, 5.74) is 2.25. The minimum absolute atomic E-state index is 0.206. The Morgan fingerprint density at radius 2 is 1.77 bits per heavy atom. The Bertz CT molecular complexity index is 979. The molecule has 1 aliphatic heterocycles. The number of hydrogen-bond acceptors (Lipinski definition) is 7. The number of methoxy groups -OCH3 is 1. The van der Waals surface area contributed by atoms with E-state index in [0.29, 0.717) is 18.7 Å². The van der Waals surface area contributed by atoms with Crippen LogP contribution in [0.25, 0.3) is 0 Å². The van der Waals surface area contributed by atoms with Crippen LogP contribution < -0.4 is 20.1 Å². The third-order valence-corrected chi connectivity index (χ3v) is 5.52. The summed E-state index contributed by atoms with van der Waals surface area (Å²) < 4.78 is 35.5. The lowest BCUT2D eigenvalue weighted by Crippen LogP contribution is -2.41. The van der Waals surface area contributed by atoms with Crippen LogP contribution in [0.2, 0.25) is 0 Å². The maximum atomic E-state index is 12.3. The van der Waals surface area contributed by atoms with Crippen LogP contribution in [-0.2, 0) is 27.7 Å². The van der Waals surface area contributed by atoms with Gasteiger partial charge in [0, 0.05) is 18.8 Å². The maximum Gasteiger partial charge on any atom is 0.407 e. The van der Waals surface area contributed by atoms with E-state index in [-0.39, 0.29) is 12.6 Å². The van der Waals surface area contributed by atoms with Crippen LogP contribution in [0, 0.1) is 0 Å². The van der Waals surface area contributed by atoms with Crippen LogP contribution in [0.1, 0.15) is 11.1 Å². The first-order valence-corrected chi connectivity index (χ1v) is 11.7. The van der Waals surface area contributed by atoms with Crippen molar-refractivity contribution in [2.45, 2.75) is 31.2 Å². The number of aliphatic hydroxyl groups excluding tert-OH is 1. The highest BCUT2D eigenvalue weighted by molar-refractivity contribution is 7.92. The van der Waals surface area contributed by atoms with Gasteiger partial charge in [0.05, 0.1) is 19.4 Å². The van der Waals surface area contributed by atoms with Gasteiger partial charge >= 0.3 is 6.09 Å². The molecule has 0 saturated carbocycles. The second kappa shape index (κ2) is 9.99. The Labute approximate surface area is 181 Å². The molecule has 4 N–H and O–H groups in total. The molecular weight excluding hydrogens is 422 g/mol. The fourth-order valence-corrected chi connectivity index (χ4v) is 3.95. The molecule has 1 saturated heterocycles. The fourth-order valence-electron chi connectivity index (χ4n) is 3.38. The summed E-state index contributed by atoms with van der Waals surface area (Å²) in [6, 6.07) is 14.0. The molecule has 1 heterocycles. The predicted molar refractivity (Wildman–Crippen MR) is 117 cm³/mol. The Hall–Kier alpha value is -2.82. The molecule has 1 aliphatic rings. The van der Waals surface area contributed by atoms with E-state index in [1.54, 1.807) is 31.4 Å². The molecule has 0 bridgehead atoms. The van der Waals surface area contributed by atoms with Gasteiger partial charge in [-0.2, -0.15) is 0 Å². The van der Waals surface area contributed by atoms with Gasteiger partial charge in [-0.1, -0.05) is 24.3 Å². The van der Waals surface area contributed by atoms with Crippen molar-refractivity contribution in [3.63, 3.8) is 0 Å². The third kappa shape index (κ3) is 6.84. The van der Waals surface area contributed by atoms with E-state index in [0.717, 1.165) is 23.1 Å². The zero-order valence-electron chi connectivity index (χ0n) is 17.4. The van der Waals surface area contributed by atoms with E-state index >= 15 is 0 Å². The Balaban J connectivity index is 1.52. The van der Waals surface area contributed by atoms with Gasteiger partial charge in [-0.05, 0) is 41.8 Å². The number of aliphatic hydroxyl groups is 1. The summed E-state index contributed by atoms with van der Waals surface area (Å²) >= 11 is 0. The molecule has 2 aromatic rings. The van der Waals surface area contributed by atoms with Gasteiger partial charge in [0.2, 0.25) is 10.0 Å². The van der Waals surface area contributed by atoms with E-state index in [1.165, 1.54) is 0 Å². The lowest BCUT2D eigenvalue weighted by Gasteiger charge is -2.22. The molecule has 0 radical (unpaired) electrons. The molecule has 1 amide bonds. The smallest absolute Gasteiger partial charge is 0.407 e. The molecule has 9 nitrogen and oxygen atoms in total. The summed E-state index contributed by atoms with van der Waals surface area (Å²) in [6.45, 7) is 0.547. The van der Waals surface area contributed by atoms with Crippen molar-refractivity contribution in [1.29, 1.82) is 0 Å². The molecular formula is C21H27N3O6S. The first kappa shape index (κ1) is 22.9. The van der Waals surface area contributed by atoms with Crippen molar-refractivity contribution in [2.75, 3.05) is 24.6 Å². The third-order valence-electron chi connectivity index (χ3n) is 4.92. The molecule has 3 rings (SSSR count). The molecule has 0 aromatic heterocycles. The maximum absolute atomic E-state index is 12.3. The molecule has 0 spiro atoms. The van der Waals surface area contributed by atoms with E-state index in [9.17, 15) is 18.3 Å². The number of nitrogens with one attached hydrogen (secondary N) is 3. The van der Waals surface area contributed by atoms with Crippen molar-refractivity contribution in [1.82, 2.24) is 10.6 Å². The lowest BCUT2D eigenvalue weighted by molar-refractivity contribution is 0.0188. The van der Waals surface area contributed by atoms with Crippen molar-refractivity contribution >= 4 is 21.8 Å². The summed E-state index contributed by atoms with van der Waals surface area (Å²) in [5, 5.41) is 16.1. The number of sulfonamides is 1. The van der Waals surface area contributed by atoms with Crippen LogP contribution in [0.15, 0.2) is 48.5 Å². The summed E-state index contributed by atoms with van der Waals surface area (Å²) in [5.74, 6) is 0.760. The zero-order chi connectivity index (χ0) is 22.4. The molecule has 10 heteroatoms. The normalized spacial score (nSPS) is 20.8. The molecule has 0 aliphatic carbocycles. The number of hydrogen-bond donors (Lipinski definition) is 4. The van der Waals surface area contributed by atoms with E-state index < -0.39 is 28.3 Å². The molecule has 2 aromatic carbocycles. The first-order valence-electron chi connectivity index (χ1n) is 9.79. The minimum Gasteiger partial charge on any atom is -0.497 e. The van der Waals surface area contributed by atoms with Gasteiger partial charge in [-0.3, -0.25) is 4.72 Å². The number of amides is 1. The van der Waals surface area contributed by atoms with Gasteiger partial charge in [-0.25, -0.2) is 13.2 Å². The first-order chi connectivity index (χ1) is 14.7. The number of β-amino-alcohol motifs (C(OH)–C–C–N with tert-alkyl or cyclic N) is 1. The highest BCUT2D eigenvalue weighted by atomic mass is 32.2. The van der Waals surface area contributed by atoms with Crippen LogP contribution in [0.4, 0.5) is 10.5 Å². The number of alkyl carbamates (subject to hydrolysis) is 1. The van der Waals surface area contributed by atoms with Crippen LogP contribution in [-0.4, -0.2) is 57.8 Å². The Morgan fingerprint density at radius 3 is 2.39 bits per heavy atom. The van der Waals surface area contributed by atoms with Gasteiger partial charge in [-0.15, -0.1) is 0 Å². The topological polar surface area (TPSA) is 126 Å². The van der Waals surface area contributed by atoms with E-state index in [4.69, 9.17) is 9.47 Å². The van der Waals surface area contributed by atoms with Crippen LogP contribution in [0.3, 0.4) is 0 Å². The molecule has 0 unspecified atom stereocenters. The number of rotatable bonds is 8. The Morgan fingerprint density at radius 1 is 1.13 bits per heavy atom. The van der Waals surface area contributed by atoms with Crippen molar-refractivity contribution in [2.24, 2.45) is 0 Å². The quantitative estimate of drug-likeness (QED) is 0.478. The van der Waals surface area contributed by atoms with Crippen molar-refractivity contribution in [3.05, 3.63) is 59.7 Å².